The van der Waals surface area contributed by atoms with E-state index < -0.39 is 10.0 Å². The highest BCUT2D eigenvalue weighted by molar-refractivity contribution is 7.91. The fourth-order valence-electron chi connectivity index (χ4n) is 2.38. The fourth-order valence-corrected chi connectivity index (χ4v) is 5.68. The molecule has 1 aromatic heterocycles. The molecule has 19 heavy (non-hydrogen) atoms. The quantitative estimate of drug-likeness (QED) is 0.856. The Bertz CT molecular complexity index is 567. The molecule has 7 heteroatoms. The van der Waals surface area contributed by atoms with Gasteiger partial charge in [0.2, 0.25) is 0 Å². The van der Waals surface area contributed by atoms with Crippen molar-refractivity contribution in [3.8, 4) is 0 Å². The topological polar surface area (TPSA) is 54.5 Å². The maximum Gasteiger partial charge on any atom is 0.252 e. The second-order valence-corrected chi connectivity index (χ2v) is 8.56. The molecule has 1 fully saturated rings. The van der Waals surface area contributed by atoms with Gasteiger partial charge in [-0.15, -0.1) is 11.3 Å². The Kier molecular flexibility index (Phi) is 4.66. The minimum absolute atomic E-state index is 0.0244. The minimum Gasteiger partial charge on any atom is -0.300 e. The Hall–Kier alpha value is -0.430. The number of nitrogens with zero attached hydrogens (tertiary/aromatic N) is 1. The van der Waals surface area contributed by atoms with E-state index >= 15 is 0 Å². The first-order chi connectivity index (χ1) is 8.91. The van der Waals surface area contributed by atoms with Crippen LogP contribution in [0.1, 0.15) is 32.6 Å². The van der Waals surface area contributed by atoms with Crippen LogP contribution in [0.3, 0.4) is 0 Å². The Morgan fingerprint density at radius 2 is 2.21 bits per heavy atom. The molecule has 1 atom stereocenters. The molecule has 0 spiro atoms. The Morgan fingerprint density at radius 3 is 2.79 bits per heavy atom. The van der Waals surface area contributed by atoms with E-state index in [4.69, 9.17) is 11.6 Å². The summed E-state index contributed by atoms with van der Waals surface area (Å²) in [5.74, 6) is 0.0244. The normalized spacial score (nSPS) is 21.5. The Morgan fingerprint density at radius 1 is 1.47 bits per heavy atom. The molecule has 0 radical (unpaired) electrons. The smallest absolute Gasteiger partial charge is 0.252 e. The van der Waals surface area contributed by atoms with Gasteiger partial charge in [0.15, 0.2) is 0 Å². The molecule has 0 saturated carbocycles. The second-order valence-electron chi connectivity index (χ2n) is 4.73. The van der Waals surface area contributed by atoms with Crippen molar-refractivity contribution in [2.75, 3.05) is 6.54 Å². The predicted molar refractivity (Wildman–Crippen MR) is 76.2 cm³/mol. The lowest BCUT2D eigenvalue weighted by molar-refractivity contribution is -0.118. The van der Waals surface area contributed by atoms with Gasteiger partial charge in [0.25, 0.3) is 10.0 Å². The first-order valence-electron chi connectivity index (χ1n) is 6.18. The number of piperidine rings is 1. The summed E-state index contributed by atoms with van der Waals surface area (Å²) in [4.78, 5) is 11.3. The SMILES string of the molecule is CC(=O)CC1CCCCN1S(=O)(=O)c1ccc(Cl)s1. The molecule has 106 valence electrons. The number of halogens is 1. The third-order valence-corrected chi connectivity index (χ3v) is 6.86. The molecule has 1 unspecified atom stereocenters. The van der Waals surface area contributed by atoms with Crippen molar-refractivity contribution < 1.29 is 13.2 Å². The van der Waals surface area contributed by atoms with E-state index in [2.05, 4.69) is 0 Å². The molecule has 0 N–H and O–H groups in total. The monoisotopic (exact) mass is 321 g/mol. The molecule has 4 nitrogen and oxygen atoms in total. The summed E-state index contributed by atoms with van der Waals surface area (Å²) in [6, 6.07) is 2.90. The van der Waals surface area contributed by atoms with Crippen molar-refractivity contribution in [3.63, 3.8) is 0 Å². The van der Waals surface area contributed by atoms with E-state index in [9.17, 15) is 13.2 Å². The standard InChI is InChI=1S/C12H16ClNO3S2/c1-9(15)8-10-4-2-3-7-14(10)19(16,17)12-6-5-11(13)18-12/h5-6,10H,2-4,7-8H2,1H3. The average molecular weight is 322 g/mol. The Labute approximate surface area is 122 Å². The van der Waals surface area contributed by atoms with Crippen molar-refractivity contribution in [1.29, 1.82) is 0 Å². The van der Waals surface area contributed by atoms with Gasteiger partial charge in [-0.3, -0.25) is 4.79 Å². The average Bonchev–Trinajstić information content (AvgIpc) is 2.76. The lowest BCUT2D eigenvalue weighted by atomic mass is 10.0. The van der Waals surface area contributed by atoms with Gasteiger partial charge < -0.3 is 0 Å². The number of ketones is 1. The maximum absolute atomic E-state index is 12.6. The molecule has 2 heterocycles. The molecule has 1 aliphatic heterocycles. The lowest BCUT2D eigenvalue weighted by Gasteiger charge is -2.33. The molecule has 0 amide bonds. The summed E-state index contributed by atoms with van der Waals surface area (Å²) < 4.78 is 27.3. The van der Waals surface area contributed by atoms with Crippen LogP contribution in [0.25, 0.3) is 0 Å². The number of Topliss-reactive ketones (excluding diaryl/α,β-unsaturated/α-hetero) is 1. The molecule has 1 aliphatic rings. The van der Waals surface area contributed by atoms with Crippen molar-refractivity contribution in [2.24, 2.45) is 0 Å². The summed E-state index contributed by atoms with van der Waals surface area (Å²) in [5.41, 5.74) is 0. The number of carbonyl (C=O) groups excluding carboxylic acids is 1. The summed E-state index contributed by atoms with van der Waals surface area (Å²) in [6.45, 7) is 1.98. The molecule has 0 bridgehead atoms. The van der Waals surface area contributed by atoms with E-state index in [1.807, 2.05) is 0 Å². The summed E-state index contributed by atoms with van der Waals surface area (Å²) in [6.07, 6.45) is 2.85. The largest absolute Gasteiger partial charge is 0.300 e. The van der Waals surface area contributed by atoms with Crippen molar-refractivity contribution in [1.82, 2.24) is 4.31 Å². The van der Waals surface area contributed by atoms with Gasteiger partial charge >= 0.3 is 0 Å². The first kappa shape index (κ1) is 15.0. The molecule has 2 rings (SSSR count). The third kappa shape index (κ3) is 3.37. The fraction of sp³-hybridized carbons (Fsp3) is 0.583. The van der Waals surface area contributed by atoms with Crippen LogP contribution in [0, 0.1) is 0 Å². The molecule has 0 aromatic carbocycles. The van der Waals surface area contributed by atoms with Gasteiger partial charge in [0, 0.05) is 19.0 Å². The van der Waals surface area contributed by atoms with Crippen LogP contribution < -0.4 is 0 Å². The number of hydrogen-bond acceptors (Lipinski definition) is 4. The van der Waals surface area contributed by atoms with E-state index in [0.29, 0.717) is 17.3 Å². The zero-order valence-electron chi connectivity index (χ0n) is 10.6. The van der Waals surface area contributed by atoms with Crippen molar-refractivity contribution >= 4 is 38.7 Å². The molecular weight excluding hydrogens is 306 g/mol. The van der Waals surface area contributed by atoms with Gasteiger partial charge in [-0.25, -0.2) is 8.42 Å². The van der Waals surface area contributed by atoms with Crippen LogP contribution >= 0.6 is 22.9 Å². The minimum atomic E-state index is -3.52. The van der Waals surface area contributed by atoms with Crippen LogP contribution in [0.5, 0.6) is 0 Å². The van der Waals surface area contributed by atoms with Gasteiger partial charge in [-0.05, 0) is 31.9 Å². The highest BCUT2D eigenvalue weighted by Gasteiger charge is 2.34. The van der Waals surface area contributed by atoms with Crippen LogP contribution in [0.4, 0.5) is 0 Å². The van der Waals surface area contributed by atoms with Crippen LogP contribution in [0.2, 0.25) is 4.34 Å². The van der Waals surface area contributed by atoms with Gasteiger partial charge in [0.1, 0.15) is 9.99 Å². The van der Waals surface area contributed by atoms with E-state index in [-0.39, 0.29) is 16.0 Å². The van der Waals surface area contributed by atoms with E-state index in [1.54, 1.807) is 6.07 Å². The number of hydrogen-bond donors (Lipinski definition) is 0. The number of thiophene rings is 1. The summed E-state index contributed by atoms with van der Waals surface area (Å²) >= 11 is 6.87. The van der Waals surface area contributed by atoms with Gasteiger partial charge in [-0.1, -0.05) is 18.0 Å². The van der Waals surface area contributed by atoms with E-state index in [0.717, 1.165) is 30.6 Å². The molecule has 0 aliphatic carbocycles. The van der Waals surface area contributed by atoms with Crippen LogP contribution in [-0.2, 0) is 14.8 Å². The number of rotatable bonds is 4. The van der Waals surface area contributed by atoms with Crippen LogP contribution in [-0.4, -0.2) is 31.1 Å². The first-order valence-corrected chi connectivity index (χ1v) is 8.81. The number of carbonyl (C=O) groups is 1. The zero-order chi connectivity index (χ0) is 14.0. The predicted octanol–water partition coefficient (Wildman–Crippen LogP) is 2.92. The maximum atomic E-state index is 12.6. The van der Waals surface area contributed by atoms with E-state index in [1.165, 1.54) is 17.3 Å². The molecule has 1 saturated heterocycles. The number of sulfonamides is 1. The summed E-state index contributed by atoms with van der Waals surface area (Å²) in [7, 11) is -3.52. The lowest BCUT2D eigenvalue weighted by Crippen LogP contribution is -2.44. The highest BCUT2D eigenvalue weighted by Crippen LogP contribution is 2.32. The van der Waals surface area contributed by atoms with Gasteiger partial charge in [-0.2, -0.15) is 4.31 Å². The molecule has 1 aromatic rings. The van der Waals surface area contributed by atoms with Crippen LogP contribution in [0.15, 0.2) is 16.3 Å². The third-order valence-electron chi connectivity index (χ3n) is 3.21. The van der Waals surface area contributed by atoms with Gasteiger partial charge in [0.05, 0.1) is 4.34 Å². The highest BCUT2D eigenvalue weighted by atomic mass is 35.5. The van der Waals surface area contributed by atoms with Crippen molar-refractivity contribution in [3.05, 3.63) is 16.5 Å². The summed E-state index contributed by atoms with van der Waals surface area (Å²) in [5, 5.41) is 0. The Balaban J connectivity index is 2.28. The second kappa shape index (κ2) is 5.91. The molecular formula is C12H16ClNO3S2. The van der Waals surface area contributed by atoms with Crippen molar-refractivity contribution in [2.45, 2.75) is 42.9 Å². The zero-order valence-corrected chi connectivity index (χ0v) is 13.0.